The van der Waals surface area contributed by atoms with Crippen molar-refractivity contribution >= 4 is 103 Å². The molecule has 0 aliphatic rings. The van der Waals surface area contributed by atoms with Gasteiger partial charge < -0.3 is 9.47 Å². The summed E-state index contributed by atoms with van der Waals surface area (Å²) in [7, 11) is 0. The summed E-state index contributed by atoms with van der Waals surface area (Å²) < 4.78 is 22.5. The Bertz CT molecular complexity index is 1040. The molecule has 0 bridgehead atoms. The van der Waals surface area contributed by atoms with Gasteiger partial charge in [-0.2, -0.15) is 0 Å². The van der Waals surface area contributed by atoms with Crippen LogP contribution in [0.15, 0.2) is 13.9 Å². The average Bonchev–Trinajstić information content (AvgIpc) is 3.39. The van der Waals surface area contributed by atoms with E-state index in [4.69, 9.17) is 9.47 Å². The number of hydrogen-bond donors (Lipinski definition) is 0. The zero-order valence-electron chi connectivity index (χ0n) is 13.9. The SMILES string of the molecule is O=[N+]([O-])C(c1nonc1Oc1nonc1Oc1nonc1C([N+](=O)[O-])[N+](=O)[O-])[N+](=O)[O-].[KH].[KH]. The van der Waals surface area contributed by atoms with Gasteiger partial charge in [0.2, 0.25) is 0 Å². The summed E-state index contributed by atoms with van der Waals surface area (Å²) in [6.07, 6.45) is -5.25. The normalized spacial score (nSPS) is 10.2. The number of aromatic nitrogens is 6. The first-order valence-electron chi connectivity index (χ1n) is 7.07. The van der Waals surface area contributed by atoms with E-state index in [-0.39, 0.29) is 103 Å². The first-order valence-corrected chi connectivity index (χ1v) is 7.07. The van der Waals surface area contributed by atoms with Crippen molar-refractivity contribution in [2.24, 2.45) is 0 Å². The van der Waals surface area contributed by atoms with Crippen LogP contribution in [0, 0.1) is 40.5 Å². The number of hydrogen-bond acceptors (Lipinski definition) is 19. The summed E-state index contributed by atoms with van der Waals surface area (Å²) in [5.74, 6) is -3.44. The van der Waals surface area contributed by atoms with E-state index in [0.717, 1.165) is 0 Å². The van der Waals surface area contributed by atoms with Crippen LogP contribution >= 0.6 is 0 Å². The van der Waals surface area contributed by atoms with Gasteiger partial charge in [-0.25, -0.2) is 13.9 Å². The standard InChI is InChI=1S/C8H2N10O13.2K.2H/c19-15(20)7(16(21)22)1-3(11-29-9-1)27-5-6(14-31-13-5)28-4-2(10-30-12-4)8(17(23)24)18(25)26;;;;/h7-8H;;;;. The van der Waals surface area contributed by atoms with Gasteiger partial charge in [-0.1, -0.05) is 0 Å². The van der Waals surface area contributed by atoms with Gasteiger partial charge in [-0.3, -0.25) is 40.5 Å². The van der Waals surface area contributed by atoms with Crippen molar-refractivity contribution in [3.63, 3.8) is 0 Å². The Morgan fingerprint density at radius 2 is 0.818 bits per heavy atom. The van der Waals surface area contributed by atoms with Gasteiger partial charge in [0.25, 0.3) is 11.4 Å². The third-order valence-corrected chi connectivity index (χ3v) is 3.07. The minimum atomic E-state index is -2.63. The van der Waals surface area contributed by atoms with Crippen molar-refractivity contribution < 1.29 is 43.1 Å². The fourth-order valence-corrected chi connectivity index (χ4v) is 1.87. The number of nitro groups is 4. The summed E-state index contributed by atoms with van der Waals surface area (Å²) >= 11 is 0. The number of ether oxygens (including phenoxy) is 2. The molecule has 0 unspecified atom stereocenters. The molecule has 0 fully saturated rings. The summed E-state index contributed by atoms with van der Waals surface area (Å²) in [5, 5.41) is 62.1. The Morgan fingerprint density at radius 3 is 1.12 bits per heavy atom. The molecule has 33 heavy (non-hydrogen) atoms. The second kappa shape index (κ2) is 12.4. The average molecular weight is 526 g/mol. The van der Waals surface area contributed by atoms with Gasteiger partial charge in [-0.05, 0) is 30.9 Å². The monoisotopic (exact) mass is 526 g/mol. The van der Waals surface area contributed by atoms with Gasteiger partial charge in [0.1, 0.15) is 19.7 Å². The second-order valence-electron chi connectivity index (χ2n) is 4.88. The van der Waals surface area contributed by atoms with Crippen LogP contribution in [-0.2, 0) is 0 Å². The second-order valence-corrected chi connectivity index (χ2v) is 4.88. The molecule has 0 N–H and O–H groups in total. The predicted octanol–water partition coefficient (Wildman–Crippen LogP) is -1.77. The molecule has 3 aromatic heterocycles. The van der Waals surface area contributed by atoms with E-state index in [0.29, 0.717) is 0 Å². The zero-order valence-corrected chi connectivity index (χ0v) is 13.9. The zero-order chi connectivity index (χ0) is 22.7. The fourth-order valence-electron chi connectivity index (χ4n) is 1.87. The van der Waals surface area contributed by atoms with Gasteiger partial charge in [0.15, 0.2) is 0 Å². The van der Waals surface area contributed by atoms with E-state index in [1.165, 1.54) is 0 Å². The molecule has 0 aliphatic carbocycles. The molecule has 0 saturated carbocycles. The Hall–Kier alpha value is -2.11. The fraction of sp³-hybridized carbons (Fsp3) is 0.250. The van der Waals surface area contributed by atoms with E-state index < -0.39 is 66.9 Å². The van der Waals surface area contributed by atoms with Crippen LogP contribution in [-0.4, -0.2) is 153 Å². The summed E-state index contributed by atoms with van der Waals surface area (Å²) in [6.45, 7) is 0. The van der Waals surface area contributed by atoms with Gasteiger partial charge in [-0.15, -0.1) is 0 Å². The Labute approximate surface area is 260 Å². The molecule has 0 atom stereocenters. The van der Waals surface area contributed by atoms with Crippen LogP contribution in [0.2, 0.25) is 0 Å². The van der Waals surface area contributed by atoms with E-state index in [1.807, 2.05) is 0 Å². The number of nitrogens with zero attached hydrogens (tertiary/aromatic N) is 10. The summed E-state index contributed by atoms with van der Waals surface area (Å²) in [5.41, 5.74) is -1.95. The van der Waals surface area contributed by atoms with Gasteiger partial charge >= 0.3 is 139 Å². The maximum absolute atomic E-state index is 10.9. The van der Waals surface area contributed by atoms with Gasteiger partial charge in [0.05, 0.1) is 0 Å². The molecule has 3 heterocycles. The molecule has 0 aromatic carbocycles. The third kappa shape index (κ3) is 6.48. The predicted molar refractivity (Wildman–Crippen MR) is 90.8 cm³/mol. The minimum absolute atomic E-state index is 0. The Kier molecular flexibility index (Phi) is 10.9. The molecule has 0 amide bonds. The molecule has 0 saturated heterocycles. The van der Waals surface area contributed by atoms with E-state index in [2.05, 4.69) is 44.8 Å². The molecule has 3 aromatic rings. The molecule has 0 aliphatic heterocycles. The van der Waals surface area contributed by atoms with E-state index in [1.54, 1.807) is 0 Å². The molecule has 0 spiro atoms. The maximum atomic E-state index is 10.9. The molecular weight excluding hydrogens is 522 g/mol. The topological polar surface area (TPSA) is 308 Å². The van der Waals surface area contributed by atoms with Gasteiger partial charge in [0, 0.05) is 0 Å². The van der Waals surface area contributed by atoms with Crippen LogP contribution < -0.4 is 9.47 Å². The van der Waals surface area contributed by atoms with Crippen LogP contribution in [0.5, 0.6) is 23.5 Å². The first-order chi connectivity index (χ1) is 14.7. The third-order valence-electron chi connectivity index (χ3n) is 3.07. The Morgan fingerprint density at radius 1 is 0.545 bits per heavy atom. The van der Waals surface area contributed by atoms with Crippen molar-refractivity contribution in [1.29, 1.82) is 0 Å². The van der Waals surface area contributed by atoms with Crippen molar-refractivity contribution in [3.05, 3.63) is 51.8 Å². The van der Waals surface area contributed by atoms with E-state index in [9.17, 15) is 40.5 Å². The van der Waals surface area contributed by atoms with Crippen molar-refractivity contribution in [2.75, 3.05) is 0 Å². The molecule has 3 rings (SSSR count). The van der Waals surface area contributed by atoms with Crippen molar-refractivity contribution in [1.82, 2.24) is 30.9 Å². The quantitative estimate of drug-likeness (QED) is 0.122. The Balaban J connectivity index is 0.00000272. The van der Waals surface area contributed by atoms with Crippen LogP contribution in [0.1, 0.15) is 23.7 Å². The van der Waals surface area contributed by atoms with E-state index >= 15 is 0 Å². The first kappa shape index (κ1) is 28.9. The van der Waals surface area contributed by atoms with Crippen molar-refractivity contribution in [2.45, 2.75) is 12.3 Å². The molecule has 23 nitrogen and oxygen atoms in total. The molecule has 25 heteroatoms. The summed E-state index contributed by atoms with van der Waals surface area (Å²) in [4.78, 5) is 38.2. The van der Waals surface area contributed by atoms with Crippen LogP contribution in [0.3, 0.4) is 0 Å². The number of rotatable bonds is 10. The molecule has 166 valence electrons. The molecular formula is C8H4K2N10O13. The molecule has 0 radical (unpaired) electrons. The van der Waals surface area contributed by atoms with Crippen molar-refractivity contribution in [3.8, 4) is 23.5 Å². The summed E-state index contributed by atoms with van der Waals surface area (Å²) in [6, 6.07) is 0. The van der Waals surface area contributed by atoms with Crippen LogP contribution in [0.25, 0.3) is 0 Å². The van der Waals surface area contributed by atoms with Crippen LogP contribution in [0.4, 0.5) is 0 Å².